The molecule has 0 radical (unpaired) electrons. The van der Waals surface area contributed by atoms with Crippen LogP contribution in [-0.4, -0.2) is 15.4 Å². The van der Waals surface area contributed by atoms with Crippen molar-refractivity contribution in [1.29, 1.82) is 0 Å². The Bertz CT molecular complexity index is 898. The monoisotopic (exact) mass is 337 g/mol. The molecule has 1 amide bonds. The predicted octanol–water partition coefficient (Wildman–Crippen LogP) is 3.93. The zero-order valence-electron chi connectivity index (χ0n) is 12.9. The van der Waals surface area contributed by atoms with Crippen molar-refractivity contribution in [2.24, 2.45) is 0 Å². The smallest absolute Gasteiger partial charge is 0.272 e. The fourth-order valence-electron chi connectivity index (χ4n) is 2.35. The van der Waals surface area contributed by atoms with Crippen LogP contribution in [0.15, 0.2) is 65.5 Å². The number of aryl methyl sites for hydroxylation is 1. The molecule has 3 aromatic rings. The Morgan fingerprint density at radius 1 is 0.958 bits per heavy atom. The van der Waals surface area contributed by atoms with E-state index in [4.69, 9.17) is 0 Å². The number of H-pyrrole nitrogens is 1. The van der Waals surface area contributed by atoms with Crippen molar-refractivity contribution in [2.45, 2.75) is 6.92 Å². The molecule has 0 fully saturated rings. The second-order valence-electron chi connectivity index (χ2n) is 5.31. The van der Waals surface area contributed by atoms with Crippen molar-refractivity contribution in [3.63, 3.8) is 0 Å². The molecule has 1 heterocycles. The van der Waals surface area contributed by atoms with Gasteiger partial charge in [0, 0.05) is 23.0 Å². The highest BCUT2D eigenvalue weighted by atomic mass is 32.1. The number of hydrogen-bond donors (Lipinski definition) is 2. The lowest BCUT2D eigenvalue weighted by atomic mass is 10.1. The van der Waals surface area contributed by atoms with Crippen LogP contribution in [0.25, 0.3) is 11.3 Å². The largest absolute Gasteiger partial charge is 0.287 e. The quantitative estimate of drug-likeness (QED) is 0.712. The predicted molar refractivity (Wildman–Crippen MR) is 98.0 cm³/mol. The summed E-state index contributed by atoms with van der Waals surface area (Å²) in [5.41, 5.74) is 3.81. The number of hydrogen-bond acceptors (Lipinski definition) is 3. The number of aromatic nitrogens is 2. The third-order valence-electron chi connectivity index (χ3n) is 3.58. The highest BCUT2D eigenvalue weighted by molar-refractivity contribution is 7.97. The first-order valence-corrected chi connectivity index (χ1v) is 7.75. The molecule has 0 bridgehead atoms. The van der Waals surface area contributed by atoms with Crippen LogP contribution in [0.5, 0.6) is 0 Å². The fraction of sp³-hybridized carbons (Fsp3) is 0.0556. The van der Waals surface area contributed by atoms with Gasteiger partial charge >= 0.3 is 0 Å². The number of benzene rings is 2. The SMILES string of the molecule is Cc1ccc(N(C(=O)S)c2ccc(-c3ccc(=O)[nH]n3)cc2)cc1. The Hall–Kier alpha value is -2.86. The molecule has 5 nitrogen and oxygen atoms in total. The number of rotatable bonds is 3. The summed E-state index contributed by atoms with van der Waals surface area (Å²) in [6.07, 6.45) is 0. The molecule has 0 aliphatic carbocycles. The van der Waals surface area contributed by atoms with E-state index in [1.165, 1.54) is 11.0 Å². The Morgan fingerprint density at radius 3 is 2.04 bits per heavy atom. The molecule has 0 aliphatic rings. The van der Waals surface area contributed by atoms with Gasteiger partial charge in [-0.05, 0) is 37.3 Å². The summed E-state index contributed by atoms with van der Waals surface area (Å²) in [5, 5.41) is 6.03. The van der Waals surface area contributed by atoms with E-state index in [0.717, 1.165) is 16.8 Å². The van der Waals surface area contributed by atoms with Gasteiger partial charge in [-0.25, -0.2) is 5.10 Å². The molecule has 0 spiro atoms. The Morgan fingerprint density at radius 2 is 1.54 bits per heavy atom. The van der Waals surface area contributed by atoms with Gasteiger partial charge in [0.2, 0.25) is 0 Å². The van der Waals surface area contributed by atoms with Crippen LogP contribution in [-0.2, 0) is 0 Å². The van der Waals surface area contributed by atoms with Crippen molar-refractivity contribution in [2.75, 3.05) is 4.90 Å². The van der Waals surface area contributed by atoms with Crippen LogP contribution < -0.4 is 10.5 Å². The number of amides is 1. The van der Waals surface area contributed by atoms with E-state index >= 15 is 0 Å². The lowest BCUT2D eigenvalue weighted by Crippen LogP contribution is -2.19. The highest BCUT2D eigenvalue weighted by Gasteiger charge is 2.15. The molecule has 0 saturated heterocycles. The minimum atomic E-state index is -0.367. The summed E-state index contributed by atoms with van der Waals surface area (Å²) in [4.78, 5) is 24.6. The number of carbonyl (C=O) groups is 1. The van der Waals surface area contributed by atoms with Gasteiger partial charge in [-0.3, -0.25) is 14.5 Å². The van der Waals surface area contributed by atoms with Crippen LogP contribution in [0.3, 0.4) is 0 Å². The zero-order chi connectivity index (χ0) is 17.1. The number of anilines is 2. The average molecular weight is 337 g/mol. The number of thiol groups is 1. The Balaban J connectivity index is 1.95. The van der Waals surface area contributed by atoms with E-state index in [9.17, 15) is 9.59 Å². The lowest BCUT2D eigenvalue weighted by Gasteiger charge is -2.21. The normalized spacial score (nSPS) is 10.4. The van der Waals surface area contributed by atoms with Gasteiger partial charge < -0.3 is 0 Å². The second kappa shape index (κ2) is 6.72. The number of carbonyl (C=O) groups excluding carboxylic acids is 1. The van der Waals surface area contributed by atoms with E-state index in [-0.39, 0.29) is 10.8 Å². The fourth-order valence-corrected chi connectivity index (χ4v) is 2.58. The molecule has 0 saturated carbocycles. The van der Waals surface area contributed by atoms with E-state index in [1.807, 2.05) is 55.5 Å². The van der Waals surface area contributed by atoms with Crippen molar-refractivity contribution in [3.05, 3.63) is 76.6 Å². The molecule has 0 aliphatic heterocycles. The number of nitrogens with zero attached hydrogens (tertiary/aromatic N) is 2. The summed E-state index contributed by atoms with van der Waals surface area (Å²) in [6.45, 7) is 1.99. The number of aromatic amines is 1. The second-order valence-corrected chi connectivity index (χ2v) is 5.69. The Labute approximate surface area is 144 Å². The van der Waals surface area contributed by atoms with Crippen molar-refractivity contribution in [3.8, 4) is 11.3 Å². The van der Waals surface area contributed by atoms with Crippen LogP contribution in [0.4, 0.5) is 16.2 Å². The summed E-state index contributed by atoms with van der Waals surface area (Å²) < 4.78 is 0. The van der Waals surface area contributed by atoms with E-state index in [2.05, 4.69) is 22.8 Å². The maximum Gasteiger partial charge on any atom is 0.287 e. The maximum atomic E-state index is 12.0. The van der Waals surface area contributed by atoms with Gasteiger partial charge in [0.1, 0.15) is 0 Å². The highest BCUT2D eigenvalue weighted by Crippen LogP contribution is 2.29. The van der Waals surface area contributed by atoms with Gasteiger partial charge in [0.25, 0.3) is 10.8 Å². The van der Waals surface area contributed by atoms with E-state index < -0.39 is 0 Å². The molecule has 1 aromatic heterocycles. The summed E-state index contributed by atoms with van der Waals surface area (Å²) in [5.74, 6) is 0. The average Bonchev–Trinajstić information content (AvgIpc) is 2.58. The van der Waals surface area contributed by atoms with Gasteiger partial charge in [-0.15, -0.1) is 0 Å². The van der Waals surface area contributed by atoms with E-state index in [0.29, 0.717) is 11.4 Å². The van der Waals surface area contributed by atoms with Gasteiger partial charge in [0.05, 0.1) is 5.69 Å². The molecular formula is C18H15N3O2S. The molecule has 24 heavy (non-hydrogen) atoms. The molecule has 3 rings (SSSR count). The van der Waals surface area contributed by atoms with Crippen LogP contribution in [0, 0.1) is 6.92 Å². The maximum absolute atomic E-state index is 12.0. The molecule has 2 aromatic carbocycles. The first-order chi connectivity index (χ1) is 11.5. The lowest BCUT2D eigenvalue weighted by molar-refractivity contribution is 0.267. The molecule has 0 unspecified atom stereocenters. The third kappa shape index (κ3) is 3.38. The zero-order valence-corrected chi connectivity index (χ0v) is 13.8. The van der Waals surface area contributed by atoms with E-state index in [1.54, 1.807) is 6.07 Å². The first kappa shape index (κ1) is 16.0. The van der Waals surface area contributed by atoms with Crippen molar-refractivity contribution < 1.29 is 4.79 Å². The summed E-state index contributed by atoms with van der Waals surface area (Å²) in [6, 6.07) is 18.0. The molecule has 120 valence electrons. The standard InChI is InChI=1S/C18H15N3O2S/c1-12-2-6-14(7-3-12)21(18(23)24)15-8-4-13(5-9-15)16-10-11-17(22)20-19-16/h2-11H,1H3,(H,20,22)(H,23,24). The van der Waals surface area contributed by atoms with Crippen LogP contribution in [0.2, 0.25) is 0 Å². The summed E-state index contributed by atoms with van der Waals surface area (Å²) in [7, 11) is 0. The van der Waals surface area contributed by atoms with Crippen molar-refractivity contribution >= 4 is 29.2 Å². The number of nitrogens with one attached hydrogen (secondary N) is 1. The van der Waals surface area contributed by atoms with Crippen molar-refractivity contribution in [1.82, 2.24) is 10.2 Å². The van der Waals surface area contributed by atoms with Gasteiger partial charge in [0.15, 0.2) is 0 Å². The third-order valence-corrected chi connectivity index (χ3v) is 3.78. The first-order valence-electron chi connectivity index (χ1n) is 7.30. The van der Waals surface area contributed by atoms with Crippen LogP contribution >= 0.6 is 12.6 Å². The molecule has 1 N–H and O–H groups in total. The topological polar surface area (TPSA) is 66.1 Å². The molecular weight excluding hydrogens is 322 g/mol. The van der Waals surface area contributed by atoms with Crippen LogP contribution in [0.1, 0.15) is 5.56 Å². The minimum absolute atomic E-state index is 0.249. The van der Waals surface area contributed by atoms with Gasteiger partial charge in [-0.2, -0.15) is 5.10 Å². The van der Waals surface area contributed by atoms with Gasteiger partial charge in [-0.1, -0.05) is 42.5 Å². The molecule has 6 heteroatoms. The molecule has 0 atom stereocenters. The minimum Gasteiger partial charge on any atom is -0.272 e. The Kier molecular flexibility index (Phi) is 4.48. The summed E-state index contributed by atoms with van der Waals surface area (Å²) >= 11 is 3.98.